The SMILES string of the molecule is COc1ccccc1-c1ccnc2nc(N3CCC(C)CC3)[nH]c(=O)c12. The second-order valence-electron chi connectivity index (χ2n) is 6.82. The highest BCUT2D eigenvalue weighted by Crippen LogP contribution is 2.32. The minimum Gasteiger partial charge on any atom is -0.496 e. The minimum atomic E-state index is -0.169. The summed E-state index contributed by atoms with van der Waals surface area (Å²) in [6.07, 6.45) is 3.91. The van der Waals surface area contributed by atoms with Gasteiger partial charge in [-0.05, 0) is 30.9 Å². The van der Waals surface area contributed by atoms with Crippen LogP contribution in [0.1, 0.15) is 19.8 Å². The molecule has 1 aromatic carbocycles. The highest BCUT2D eigenvalue weighted by molar-refractivity contribution is 5.93. The Labute approximate surface area is 151 Å². The number of pyridine rings is 1. The highest BCUT2D eigenvalue weighted by atomic mass is 16.5. The number of hydrogen-bond donors (Lipinski definition) is 1. The second-order valence-corrected chi connectivity index (χ2v) is 6.82. The first-order valence-corrected chi connectivity index (χ1v) is 8.94. The lowest BCUT2D eigenvalue weighted by Crippen LogP contribution is -2.35. The second kappa shape index (κ2) is 6.78. The first-order chi connectivity index (χ1) is 12.7. The van der Waals surface area contributed by atoms with Crippen molar-refractivity contribution >= 4 is 17.0 Å². The number of aromatic nitrogens is 3. The molecule has 3 heterocycles. The lowest BCUT2D eigenvalue weighted by atomic mass is 9.99. The van der Waals surface area contributed by atoms with E-state index < -0.39 is 0 Å². The summed E-state index contributed by atoms with van der Waals surface area (Å²) in [4.78, 5) is 27.0. The van der Waals surface area contributed by atoms with Crippen LogP contribution in [0.3, 0.4) is 0 Å². The molecule has 0 unspecified atom stereocenters. The maximum Gasteiger partial charge on any atom is 0.262 e. The zero-order valence-electron chi connectivity index (χ0n) is 15.0. The lowest BCUT2D eigenvalue weighted by Gasteiger charge is -2.30. The van der Waals surface area contributed by atoms with Crippen molar-refractivity contribution in [3.05, 3.63) is 46.9 Å². The Morgan fingerprint density at radius 3 is 2.69 bits per heavy atom. The molecule has 0 bridgehead atoms. The largest absolute Gasteiger partial charge is 0.496 e. The van der Waals surface area contributed by atoms with Crippen LogP contribution < -0.4 is 15.2 Å². The van der Waals surface area contributed by atoms with Gasteiger partial charge in [0, 0.05) is 30.4 Å². The van der Waals surface area contributed by atoms with Crippen molar-refractivity contribution in [2.75, 3.05) is 25.1 Å². The van der Waals surface area contributed by atoms with Gasteiger partial charge in [-0.3, -0.25) is 9.78 Å². The Morgan fingerprint density at radius 1 is 1.15 bits per heavy atom. The number of benzene rings is 1. The smallest absolute Gasteiger partial charge is 0.262 e. The Hall–Kier alpha value is -2.89. The fourth-order valence-electron chi connectivity index (χ4n) is 3.51. The molecule has 26 heavy (non-hydrogen) atoms. The van der Waals surface area contributed by atoms with E-state index in [4.69, 9.17) is 4.74 Å². The van der Waals surface area contributed by atoms with Crippen LogP contribution in [0, 0.1) is 5.92 Å². The van der Waals surface area contributed by atoms with Gasteiger partial charge in [0.2, 0.25) is 5.95 Å². The summed E-state index contributed by atoms with van der Waals surface area (Å²) < 4.78 is 5.46. The average molecular weight is 350 g/mol. The number of rotatable bonds is 3. The Kier molecular flexibility index (Phi) is 4.32. The summed E-state index contributed by atoms with van der Waals surface area (Å²) in [6, 6.07) is 9.48. The normalized spacial score (nSPS) is 15.4. The van der Waals surface area contributed by atoms with Crippen molar-refractivity contribution in [3.8, 4) is 16.9 Å². The first kappa shape index (κ1) is 16.6. The number of nitrogens with zero attached hydrogens (tertiary/aromatic N) is 3. The Balaban J connectivity index is 1.84. The molecule has 3 aromatic rings. The predicted molar refractivity (Wildman–Crippen MR) is 103 cm³/mol. The molecule has 0 spiro atoms. The topological polar surface area (TPSA) is 71.1 Å². The van der Waals surface area contributed by atoms with Gasteiger partial charge >= 0.3 is 0 Å². The molecule has 1 N–H and O–H groups in total. The quantitative estimate of drug-likeness (QED) is 0.785. The number of ether oxygens (including phenoxy) is 1. The number of fused-ring (bicyclic) bond motifs is 1. The van der Waals surface area contributed by atoms with Gasteiger partial charge in [0.15, 0.2) is 5.65 Å². The lowest BCUT2D eigenvalue weighted by molar-refractivity contribution is 0.416. The fraction of sp³-hybridized carbons (Fsp3) is 0.350. The van der Waals surface area contributed by atoms with Crippen LogP contribution in [0.4, 0.5) is 5.95 Å². The van der Waals surface area contributed by atoms with Gasteiger partial charge < -0.3 is 9.64 Å². The molecule has 1 saturated heterocycles. The summed E-state index contributed by atoms with van der Waals surface area (Å²) in [7, 11) is 1.63. The zero-order valence-corrected chi connectivity index (χ0v) is 15.0. The molecule has 0 aliphatic carbocycles. The third kappa shape index (κ3) is 2.92. The molecule has 0 atom stereocenters. The number of anilines is 1. The molecule has 1 fully saturated rings. The van der Waals surface area contributed by atoms with E-state index in [1.54, 1.807) is 13.3 Å². The van der Waals surface area contributed by atoms with Gasteiger partial charge in [-0.25, -0.2) is 4.98 Å². The van der Waals surface area contributed by atoms with E-state index in [2.05, 4.69) is 26.8 Å². The van der Waals surface area contributed by atoms with Crippen LogP contribution in [0.25, 0.3) is 22.2 Å². The maximum atomic E-state index is 12.9. The Morgan fingerprint density at radius 2 is 1.92 bits per heavy atom. The standard InChI is InChI=1S/C20H22N4O2/c1-13-8-11-24(12-9-13)20-22-18-17(19(25)23-20)15(7-10-21-18)14-5-3-4-6-16(14)26-2/h3-7,10,13H,8-9,11-12H2,1-2H3,(H,21,22,23,25). The van der Waals surface area contributed by atoms with Crippen LogP contribution in [-0.2, 0) is 0 Å². The number of nitrogens with one attached hydrogen (secondary N) is 1. The van der Waals surface area contributed by atoms with Gasteiger partial charge in [0.1, 0.15) is 5.75 Å². The van der Waals surface area contributed by atoms with Crippen LogP contribution in [0.2, 0.25) is 0 Å². The molecule has 1 aliphatic rings. The zero-order chi connectivity index (χ0) is 18.1. The first-order valence-electron chi connectivity index (χ1n) is 8.94. The van der Waals surface area contributed by atoms with Gasteiger partial charge in [-0.1, -0.05) is 25.1 Å². The highest BCUT2D eigenvalue weighted by Gasteiger charge is 2.20. The van der Waals surface area contributed by atoms with E-state index in [1.165, 1.54) is 0 Å². The predicted octanol–water partition coefficient (Wildman–Crippen LogP) is 3.23. The summed E-state index contributed by atoms with van der Waals surface area (Å²) in [5.41, 5.74) is 1.93. The summed E-state index contributed by atoms with van der Waals surface area (Å²) >= 11 is 0. The third-order valence-corrected chi connectivity index (χ3v) is 5.08. The summed E-state index contributed by atoms with van der Waals surface area (Å²) in [5, 5.41) is 0.492. The molecule has 6 heteroatoms. The number of para-hydroxylation sites is 1. The molecular weight excluding hydrogens is 328 g/mol. The molecule has 134 valence electrons. The minimum absolute atomic E-state index is 0.169. The number of hydrogen-bond acceptors (Lipinski definition) is 5. The van der Waals surface area contributed by atoms with Gasteiger partial charge in [-0.2, -0.15) is 4.98 Å². The molecule has 4 rings (SSSR count). The van der Waals surface area contributed by atoms with E-state index in [9.17, 15) is 4.79 Å². The van der Waals surface area contributed by atoms with Gasteiger partial charge in [-0.15, -0.1) is 0 Å². The van der Waals surface area contributed by atoms with Gasteiger partial charge in [0.25, 0.3) is 5.56 Å². The van der Waals surface area contributed by atoms with Crippen LogP contribution >= 0.6 is 0 Å². The van der Waals surface area contributed by atoms with E-state index in [-0.39, 0.29) is 5.56 Å². The Bertz CT molecular complexity index is 991. The number of aromatic amines is 1. The van der Waals surface area contributed by atoms with Crippen molar-refractivity contribution < 1.29 is 4.74 Å². The van der Waals surface area contributed by atoms with E-state index >= 15 is 0 Å². The van der Waals surface area contributed by atoms with Crippen molar-refractivity contribution in [1.82, 2.24) is 15.0 Å². The van der Waals surface area contributed by atoms with Crippen LogP contribution in [0.5, 0.6) is 5.75 Å². The van der Waals surface area contributed by atoms with Crippen molar-refractivity contribution in [1.29, 1.82) is 0 Å². The average Bonchev–Trinajstić information content (AvgIpc) is 2.68. The molecule has 6 nitrogen and oxygen atoms in total. The van der Waals surface area contributed by atoms with E-state index in [0.717, 1.165) is 37.1 Å². The van der Waals surface area contributed by atoms with Crippen LogP contribution in [-0.4, -0.2) is 35.2 Å². The van der Waals surface area contributed by atoms with E-state index in [1.807, 2.05) is 30.3 Å². The fourth-order valence-corrected chi connectivity index (χ4v) is 3.51. The monoisotopic (exact) mass is 350 g/mol. The number of H-pyrrole nitrogens is 1. The van der Waals surface area contributed by atoms with Crippen LogP contribution in [0.15, 0.2) is 41.3 Å². The molecule has 0 amide bonds. The van der Waals surface area contributed by atoms with Gasteiger partial charge in [0.05, 0.1) is 12.5 Å². The van der Waals surface area contributed by atoms with E-state index in [0.29, 0.717) is 28.6 Å². The molecule has 1 aliphatic heterocycles. The maximum absolute atomic E-state index is 12.9. The summed E-state index contributed by atoms with van der Waals surface area (Å²) in [5.74, 6) is 2.04. The van der Waals surface area contributed by atoms with Crippen molar-refractivity contribution in [3.63, 3.8) is 0 Å². The number of methoxy groups -OCH3 is 1. The molecule has 2 aromatic heterocycles. The van der Waals surface area contributed by atoms with Crippen molar-refractivity contribution in [2.24, 2.45) is 5.92 Å². The summed E-state index contributed by atoms with van der Waals surface area (Å²) in [6.45, 7) is 4.07. The molecule has 0 saturated carbocycles. The van der Waals surface area contributed by atoms with Crippen molar-refractivity contribution in [2.45, 2.75) is 19.8 Å². The third-order valence-electron chi connectivity index (χ3n) is 5.08. The number of piperidine rings is 1. The molecule has 0 radical (unpaired) electrons. The molecular formula is C20H22N4O2.